The number of halogens is 1. The number of anilines is 1. The fourth-order valence-corrected chi connectivity index (χ4v) is 4.47. The first kappa shape index (κ1) is 21.7. The van der Waals surface area contributed by atoms with Crippen molar-refractivity contribution in [1.82, 2.24) is 9.88 Å². The largest absolute Gasteiger partial charge is 0.335 e. The summed E-state index contributed by atoms with van der Waals surface area (Å²) in [4.78, 5) is 39.2. The molecule has 0 saturated carbocycles. The zero-order chi connectivity index (χ0) is 24.0. The maximum absolute atomic E-state index is 13.2. The minimum atomic E-state index is -0.796. The molecule has 7 heteroatoms. The van der Waals surface area contributed by atoms with Gasteiger partial charge in [-0.05, 0) is 67.3 Å². The lowest BCUT2D eigenvalue weighted by Crippen LogP contribution is -2.54. The molecule has 168 valence electrons. The minimum Gasteiger partial charge on any atom is -0.317 e. The van der Waals surface area contributed by atoms with E-state index < -0.39 is 17.8 Å². The Bertz CT molecular complexity index is 1510. The van der Waals surface area contributed by atoms with E-state index in [0.717, 1.165) is 32.7 Å². The fraction of sp³-hybridized carbons (Fsp3) is 0.0741. The van der Waals surface area contributed by atoms with Crippen molar-refractivity contribution >= 4 is 52.0 Å². The second-order valence-electron chi connectivity index (χ2n) is 8.09. The molecule has 2 heterocycles. The summed E-state index contributed by atoms with van der Waals surface area (Å²) in [7, 11) is 0. The number of carbonyl (C=O) groups is 3. The summed E-state index contributed by atoms with van der Waals surface area (Å²) in [6.45, 7) is 3.91. The molecule has 34 heavy (non-hydrogen) atoms. The summed E-state index contributed by atoms with van der Waals surface area (Å²) in [6, 6.07) is 21.6. The Hall–Kier alpha value is -4.16. The van der Waals surface area contributed by atoms with E-state index in [-0.39, 0.29) is 5.57 Å². The Kier molecular flexibility index (Phi) is 5.30. The molecule has 0 unspecified atom stereocenters. The van der Waals surface area contributed by atoms with Crippen LogP contribution in [0, 0.1) is 13.8 Å². The highest BCUT2D eigenvalue weighted by molar-refractivity contribution is 6.39. The summed E-state index contributed by atoms with van der Waals surface area (Å²) in [5, 5.41) is 4.94. The van der Waals surface area contributed by atoms with Crippen molar-refractivity contribution in [3.8, 4) is 5.69 Å². The Morgan fingerprint density at radius 2 is 1.59 bits per heavy atom. The van der Waals surface area contributed by atoms with Gasteiger partial charge in [-0.15, -0.1) is 0 Å². The zero-order valence-electron chi connectivity index (χ0n) is 18.5. The highest BCUT2D eigenvalue weighted by Gasteiger charge is 2.37. The molecular formula is C27H20ClN3O3. The van der Waals surface area contributed by atoms with E-state index in [9.17, 15) is 14.4 Å². The topological polar surface area (TPSA) is 71.4 Å². The molecular weight excluding hydrogens is 450 g/mol. The highest BCUT2D eigenvalue weighted by atomic mass is 35.5. The smallest absolute Gasteiger partial charge is 0.317 e. The third-order valence-electron chi connectivity index (χ3n) is 5.96. The van der Waals surface area contributed by atoms with Crippen LogP contribution in [0.4, 0.5) is 10.5 Å². The summed E-state index contributed by atoms with van der Waals surface area (Å²) in [5.41, 5.74) is 3.76. The number of aromatic nitrogens is 1. The van der Waals surface area contributed by atoms with Crippen molar-refractivity contribution in [2.45, 2.75) is 13.8 Å². The molecule has 4 amide bonds. The number of nitrogens with one attached hydrogen (secondary N) is 1. The molecule has 0 atom stereocenters. The highest BCUT2D eigenvalue weighted by Crippen LogP contribution is 2.29. The molecule has 4 aromatic rings. The average molecular weight is 470 g/mol. The van der Waals surface area contributed by atoms with Gasteiger partial charge in [0, 0.05) is 21.8 Å². The van der Waals surface area contributed by atoms with Gasteiger partial charge >= 0.3 is 6.03 Å². The van der Waals surface area contributed by atoms with Crippen LogP contribution in [-0.4, -0.2) is 22.4 Å². The van der Waals surface area contributed by atoms with Gasteiger partial charge in [-0.3, -0.25) is 14.9 Å². The van der Waals surface area contributed by atoms with E-state index in [1.165, 1.54) is 6.08 Å². The molecule has 0 bridgehead atoms. The Balaban J connectivity index is 1.59. The van der Waals surface area contributed by atoms with E-state index in [0.29, 0.717) is 16.3 Å². The van der Waals surface area contributed by atoms with Crippen molar-refractivity contribution in [2.24, 2.45) is 0 Å². The van der Waals surface area contributed by atoms with Crippen molar-refractivity contribution < 1.29 is 14.4 Å². The van der Waals surface area contributed by atoms with Gasteiger partial charge in [-0.1, -0.05) is 48.0 Å². The molecule has 0 spiro atoms. The van der Waals surface area contributed by atoms with Crippen LogP contribution in [0.1, 0.15) is 17.0 Å². The van der Waals surface area contributed by atoms with E-state index in [4.69, 9.17) is 11.6 Å². The monoisotopic (exact) mass is 469 g/mol. The Morgan fingerprint density at radius 3 is 2.35 bits per heavy atom. The standard InChI is InChI=1S/C27H20ClN3O3/c1-16-14-19(17(2)30(16)24-9-5-7-18-6-3-4-8-22(18)24)15-23-25(32)29-27(34)31(26(23)33)21-12-10-20(28)11-13-21/h3-15H,1-2H3,(H,29,32,34)/b23-15-. The van der Waals surface area contributed by atoms with Crippen LogP contribution >= 0.6 is 11.6 Å². The van der Waals surface area contributed by atoms with Crippen LogP contribution in [0.15, 0.2) is 78.4 Å². The third kappa shape index (κ3) is 3.58. The van der Waals surface area contributed by atoms with Gasteiger partial charge in [0.15, 0.2) is 0 Å². The number of barbiturate groups is 1. The third-order valence-corrected chi connectivity index (χ3v) is 6.22. The van der Waals surface area contributed by atoms with Crippen molar-refractivity contribution in [2.75, 3.05) is 4.90 Å². The molecule has 6 nitrogen and oxygen atoms in total. The lowest BCUT2D eigenvalue weighted by Gasteiger charge is -2.26. The summed E-state index contributed by atoms with van der Waals surface area (Å²) < 4.78 is 2.10. The number of hydrogen-bond acceptors (Lipinski definition) is 3. The summed E-state index contributed by atoms with van der Waals surface area (Å²) in [5.74, 6) is -1.42. The van der Waals surface area contributed by atoms with Gasteiger partial charge in [-0.25, -0.2) is 9.69 Å². The summed E-state index contributed by atoms with van der Waals surface area (Å²) in [6.07, 6.45) is 1.54. The number of urea groups is 1. The van der Waals surface area contributed by atoms with Crippen LogP contribution in [0.2, 0.25) is 5.02 Å². The average Bonchev–Trinajstić information content (AvgIpc) is 3.10. The molecule has 1 aliphatic heterocycles. The van der Waals surface area contributed by atoms with Crippen LogP contribution in [0.25, 0.3) is 22.5 Å². The number of hydrogen-bond donors (Lipinski definition) is 1. The van der Waals surface area contributed by atoms with Crippen molar-refractivity contribution in [3.05, 3.63) is 100 Å². The molecule has 5 rings (SSSR count). The predicted octanol–water partition coefficient (Wildman–Crippen LogP) is 5.57. The number of nitrogens with zero attached hydrogens (tertiary/aromatic N) is 2. The second-order valence-corrected chi connectivity index (χ2v) is 8.53. The molecule has 0 aliphatic carbocycles. The molecule has 1 N–H and O–H groups in total. The predicted molar refractivity (Wildman–Crippen MR) is 133 cm³/mol. The minimum absolute atomic E-state index is 0.118. The maximum Gasteiger partial charge on any atom is 0.335 e. The molecule has 1 saturated heterocycles. The van der Waals surface area contributed by atoms with Crippen LogP contribution in [0.3, 0.4) is 0 Å². The fourth-order valence-electron chi connectivity index (χ4n) is 4.35. The zero-order valence-corrected chi connectivity index (χ0v) is 19.3. The SMILES string of the molecule is Cc1cc(/C=C2/C(=O)NC(=O)N(c3ccc(Cl)cc3)C2=O)c(C)n1-c1cccc2ccccc12. The van der Waals surface area contributed by atoms with Gasteiger partial charge in [0.25, 0.3) is 11.8 Å². The number of aryl methyl sites for hydroxylation is 1. The number of fused-ring (bicyclic) bond motifs is 1. The summed E-state index contributed by atoms with van der Waals surface area (Å²) >= 11 is 5.93. The van der Waals surface area contributed by atoms with Crippen LogP contribution < -0.4 is 10.2 Å². The molecule has 3 aromatic carbocycles. The van der Waals surface area contributed by atoms with E-state index in [1.807, 2.05) is 44.2 Å². The Morgan fingerprint density at radius 1 is 0.882 bits per heavy atom. The first-order valence-corrected chi connectivity index (χ1v) is 11.1. The molecule has 0 radical (unpaired) electrons. The molecule has 1 aliphatic rings. The number of amides is 4. The van der Waals surface area contributed by atoms with Gasteiger partial charge < -0.3 is 4.57 Å². The first-order chi connectivity index (χ1) is 16.3. The first-order valence-electron chi connectivity index (χ1n) is 10.7. The normalized spacial score (nSPS) is 15.3. The number of carbonyl (C=O) groups excluding carboxylic acids is 3. The Labute approximate surface area is 201 Å². The number of imide groups is 2. The molecule has 1 fully saturated rings. The van der Waals surface area contributed by atoms with Gasteiger partial charge in [0.2, 0.25) is 0 Å². The van der Waals surface area contributed by atoms with E-state index in [2.05, 4.69) is 28.1 Å². The second kappa shape index (κ2) is 8.32. The van der Waals surface area contributed by atoms with Gasteiger partial charge in [-0.2, -0.15) is 0 Å². The molecule has 1 aromatic heterocycles. The lowest BCUT2D eigenvalue weighted by atomic mass is 10.1. The lowest BCUT2D eigenvalue weighted by molar-refractivity contribution is -0.122. The quantitative estimate of drug-likeness (QED) is 0.315. The van der Waals surface area contributed by atoms with Crippen molar-refractivity contribution in [3.63, 3.8) is 0 Å². The van der Waals surface area contributed by atoms with E-state index in [1.54, 1.807) is 24.3 Å². The van der Waals surface area contributed by atoms with Crippen molar-refractivity contribution in [1.29, 1.82) is 0 Å². The van der Waals surface area contributed by atoms with Crippen LogP contribution in [-0.2, 0) is 9.59 Å². The van der Waals surface area contributed by atoms with Gasteiger partial charge in [0.1, 0.15) is 5.57 Å². The van der Waals surface area contributed by atoms with Crippen LogP contribution in [0.5, 0.6) is 0 Å². The number of rotatable bonds is 3. The maximum atomic E-state index is 13.2. The van der Waals surface area contributed by atoms with Gasteiger partial charge in [0.05, 0.1) is 11.4 Å². The van der Waals surface area contributed by atoms with E-state index >= 15 is 0 Å². The number of benzene rings is 3.